The van der Waals surface area contributed by atoms with Crippen molar-refractivity contribution in [2.75, 3.05) is 32.6 Å². The average molecular weight is 436 g/mol. The Balaban J connectivity index is 1.78. The molecule has 0 spiro atoms. The fraction of sp³-hybridized carbons (Fsp3) is 0.682. The summed E-state index contributed by atoms with van der Waals surface area (Å²) in [5, 5.41) is 19.5. The van der Waals surface area contributed by atoms with E-state index in [1.807, 2.05) is 6.20 Å². The third-order valence-corrected chi connectivity index (χ3v) is 6.12. The molecule has 0 bridgehead atoms. The first-order valence-corrected chi connectivity index (χ1v) is 10.8. The Kier molecular flexibility index (Phi) is 8.91. The summed E-state index contributed by atoms with van der Waals surface area (Å²) >= 11 is 0. The zero-order valence-electron chi connectivity index (χ0n) is 19.2. The van der Waals surface area contributed by atoms with Crippen molar-refractivity contribution in [2.24, 2.45) is 5.41 Å². The van der Waals surface area contributed by atoms with Crippen molar-refractivity contribution in [1.82, 2.24) is 20.0 Å². The molecule has 174 valence electrons. The van der Waals surface area contributed by atoms with E-state index in [0.29, 0.717) is 24.7 Å². The summed E-state index contributed by atoms with van der Waals surface area (Å²) in [5.41, 5.74) is 1.69. The first-order chi connectivity index (χ1) is 14.7. The van der Waals surface area contributed by atoms with Crippen LogP contribution in [0.25, 0.3) is 0 Å². The molecule has 2 rings (SSSR count). The van der Waals surface area contributed by atoms with Crippen molar-refractivity contribution in [3.8, 4) is 0 Å². The zero-order valence-corrected chi connectivity index (χ0v) is 19.2. The molecule has 0 unspecified atom stereocenters. The third kappa shape index (κ3) is 7.27. The number of aromatic nitrogens is 2. The molecule has 1 aromatic heterocycles. The number of rotatable bonds is 10. The number of nitrogens with one attached hydrogen (secondary N) is 2. The maximum Gasteiger partial charge on any atom is 0.332 e. The van der Waals surface area contributed by atoms with Crippen LogP contribution in [0.15, 0.2) is 24.5 Å². The summed E-state index contributed by atoms with van der Waals surface area (Å²) in [6.07, 6.45) is 8.86. The second-order valence-electron chi connectivity index (χ2n) is 8.87. The number of ether oxygens (including phenoxy) is 1. The lowest BCUT2D eigenvalue weighted by atomic mass is 9.72. The highest BCUT2D eigenvalue weighted by molar-refractivity contribution is 5.85. The molecule has 0 radical (unpaired) electrons. The van der Waals surface area contributed by atoms with Crippen LogP contribution < -0.4 is 10.6 Å². The lowest BCUT2D eigenvalue weighted by molar-refractivity contribution is -0.141. The number of methoxy groups -OCH3 is 1. The van der Waals surface area contributed by atoms with Crippen LogP contribution in [0.5, 0.6) is 0 Å². The van der Waals surface area contributed by atoms with Gasteiger partial charge in [-0.2, -0.15) is 5.10 Å². The summed E-state index contributed by atoms with van der Waals surface area (Å²) in [6, 6.07) is -0.742. The maximum absolute atomic E-state index is 12.5. The molecule has 2 amide bonds. The highest BCUT2D eigenvalue weighted by Crippen LogP contribution is 2.39. The third-order valence-electron chi connectivity index (χ3n) is 6.12. The molecule has 9 nitrogen and oxygen atoms in total. The summed E-state index contributed by atoms with van der Waals surface area (Å²) in [7, 11) is 3.03. The van der Waals surface area contributed by atoms with Crippen LogP contribution in [-0.2, 0) is 16.1 Å². The van der Waals surface area contributed by atoms with Crippen molar-refractivity contribution in [1.29, 1.82) is 0 Å². The van der Waals surface area contributed by atoms with Crippen LogP contribution in [0.1, 0.15) is 46.0 Å². The Labute approximate surface area is 184 Å². The molecule has 0 aromatic carbocycles. The maximum atomic E-state index is 12.5. The summed E-state index contributed by atoms with van der Waals surface area (Å²) in [5.74, 6) is -0.520. The molecule has 1 aliphatic rings. The number of aliphatic hydroxyl groups is 1. The van der Waals surface area contributed by atoms with Gasteiger partial charge in [0.05, 0.1) is 32.1 Å². The van der Waals surface area contributed by atoms with Gasteiger partial charge >= 0.3 is 12.0 Å². The molecule has 1 atom stereocenters. The molecule has 3 N–H and O–H groups in total. The highest BCUT2D eigenvalue weighted by atomic mass is 16.5. The topological polar surface area (TPSA) is 109 Å². The summed E-state index contributed by atoms with van der Waals surface area (Å²) in [4.78, 5) is 25.9. The number of amides is 2. The van der Waals surface area contributed by atoms with Gasteiger partial charge in [0.15, 0.2) is 0 Å². The predicted octanol–water partition coefficient (Wildman–Crippen LogP) is 2.39. The van der Waals surface area contributed by atoms with Gasteiger partial charge in [-0.25, -0.2) is 9.59 Å². The van der Waals surface area contributed by atoms with E-state index in [9.17, 15) is 9.59 Å². The van der Waals surface area contributed by atoms with Crippen molar-refractivity contribution in [2.45, 2.75) is 64.6 Å². The van der Waals surface area contributed by atoms with Gasteiger partial charge in [0.2, 0.25) is 0 Å². The number of hydrogen-bond acceptors (Lipinski definition) is 6. The van der Waals surface area contributed by atoms with E-state index in [-0.39, 0.29) is 18.1 Å². The van der Waals surface area contributed by atoms with Crippen molar-refractivity contribution >= 4 is 17.7 Å². The molecule has 1 saturated carbocycles. The Morgan fingerprint density at radius 3 is 2.71 bits per heavy atom. The molecule has 31 heavy (non-hydrogen) atoms. The highest BCUT2D eigenvalue weighted by Gasteiger charge is 2.32. The SMILES string of the molecule is C=C(C)[C@@H](NC(=O)N(C)CC[C@]1(C)CC[C@@H](Nc2cnn(CCO)c2)CC1)C(=O)OC. The van der Waals surface area contributed by atoms with Gasteiger partial charge in [-0.1, -0.05) is 13.5 Å². The van der Waals surface area contributed by atoms with Crippen LogP contribution in [0, 0.1) is 5.41 Å². The van der Waals surface area contributed by atoms with Gasteiger partial charge in [-0.15, -0.1) is 0 Å². The van der Waals surface area contributed by atoms with Crippen LogP contribution in [0.2, 0.25) is 0 Å². The van der Waals surface area contributed by atoms with E-state index in [4.69, 9.17) is 9.84 Å². The number of anilines is 1. The van der Waals surface area contributed by atoms with E-state index in [0.717, 1.165) is 37.8 Å². The Hall–Kier alpha value is -2.55. The second kappa shape index (κ2) is 11.2. The summed E-state index contributed by atoms with van der Waals surface area (Å²) in [6.45, 7) is 8.91. The quantitative estimate of drug-likeness (QED) is 0.385. The smallest absolute Gasteiger partial charge is 0.332 e. The fourth-order valence-electron chi connectivity index (χ4n) is 3.88. The molecule has 1 aromatic rings. The van der Waals surface area contributed by atoms with Crippen molar-refractivity contribution < 1.29 is 19.4 Å². The Morgan fingerprint density at radius 2 is 2.13 bits per heavy atom. The first kappa shape index (κ1) is 24.7. The summed E-state index contributed by atoms with van der Waals surface area (Å²) < 4.78 is 6.47. The molecule has 0 aliphatic heterocycles. The number of esters is 1. The molecule has 0 saturated heterocycles. The molecule has 1 aliphatic carbocycles. The van der Waals surface area contributed by atoms with E-state index in [2.05, 4.69) is 29.2 Å². The van der Waals surface area contributed by atoms with Crippen LogP contribution in [0.4, 0.5) is 10.5 Å². The van der Waals surface area contributed by atoms with Crippen LogP contribution >= 0.6 is 0 Å². The van der Waals surface area contributed by atoms with E-state index in [1.165, 1.54) is 7.11 Å². The van der Waals surface area contributed by atoms with Crippen LogP contribution in [-0.4, -0.2) is 71.2 Å². The first-order valence-electron chi connectivity index (χ1n) is 10.8. The molecule has 9 heteroatoms. The zero-order chi connectivity index (χ0) is 23.0. The van der Waals surface area contributed by atoms with Crippen LogP contribution in [0.3, 0.4) is 0 Å². The number of urea groups is 1. The molecule has 1 heterocycles. The van der Waals surface area contributed by atoms with E-state index in [1.54, 1.807) is 29.7 Å². The molecular weight excluding hydrogens is 398 g/mol. The largest absolute Gasteiger partial charge is 0.467 e. The lowest BCUT2D eigenvalue weighted by Crippen LogP contribution is -2.48. The minimum atomic E-state index is -0.834. The van der Waals surface area contributed by atoms with Gasteiger partial charge in [0, 0.05) is 25.8 Å². The fourth-order valence-corrected chi connectivity index (χ4v) is 3.88. The Morgan fingerprint density at radius 1 is 1.45 bits per heavy atom. The minimum absolute atomic E-state index is 0.0753. The van der Waals surface area contributed by atoms with E-state index >= 15 is 0 Å². The number of carbonyl (C=O) groups is 2. The molecule has 1 fully saturated rings. The normalized spacial score (nSPS) is 21.8. The number of nitrogens with zero attached hydrogens (tertiary/aromatic N) is 3. The van der Waals surface area contributed by atoms with Gasteiger partial charge in [0.25, 0.3) is 0 Å². The average Bonchev–Trinajstić information content (AvgIpc) is 3.18. The van der Waals surface area contributed by atoms with Gasteiger partial charge in [0.1, 0.15) is 6.04 Å². The predicted molar refractivity (Wildman–Crippen MR) is 120 cm³/mol. The Bertz CT molecular complexity index is 755. The minimum Gasteiger partial charge on any atom is -0.467 e. The number of hydrogen-bond donors (Lipinski definition) is 3. The van der Waals surface area contributed by atoms with Crippen molar-refractivity contribution in [3.05, 3.63) is 24.5 Å². The number of aliphatic hydroxyl groups excluding tert-OH is 1. The van der Waals surface area contributed by atoms with E-state index < -0.39 is 12.0 Å². The van der Waals surface area contributed by atoms with Gasteiger partial charge in [-0.3, -0.25) is 4.68 Å². The second-order valence-corrected chi connectivity index (χ2v) is 8.87. The standard InChI is InChI=1S/C22H37N5O4/c1-16(2)19(20(29)31-5)25-21(30)26(4)11-10-22(3)8-6-17(7-9-22)24-18-14-23-27(15-18)12-13-28/h14-15,17,19,24,28H,1,6-13H2,2-5H3,(H,25,30)/t17-,19-,22-/m1/s1. The number of carbonyl (C=O) groups excluding carboxylic acids is 2. The lowest BCUT2D eigenvalue weighted by Gasteiger charge is -2.38. The van der Waals surface area contributed by atoms with Gasteiger partial charge < -0.3 is 25.4 Å². The molecular formula is C22H37N5O4. The van der Waals surface area contributed by atoms with Crippen molar-refractivity contribution in [3.63, 3.8) is 0 Å². The monoisotopic (exact) mass is 435 g/mol. The van der Waals surface area contributed by atoms with Gasteiger partial charge in [-0.05, 0) is 50.0 Å².